The highest BCUT2D eigenvalue weighted by atomic mass is 19.4. The summed E-state index contributed by atoms with van der Waals surface area (Å²) in [6.07, 6.45) is -4.24. The highest BCUT2D eigenvalue weighted by Crippen LogP contribution is 2.20. The molecule has 1 heterocycles. The molecule has 0 fully saturated rings. The van der Waals surface area contributed by atoms with Crippen LogP contribution in [0.4, 0.5) is 19.0 Å². The van der Waals surface area contributed by atoms with Crippen LogP contribution in [0.5, 0.6) is 0 Å². The molecule has 0 aliphatic carbocycles. The first-order valence-electron chi connectivity index (χ1n) is 6.67. The average Bonchev–Trinajstić information content (AvgIpc) is 2.35. The Labute approximate surface area is 117 Å². The minimum atomic E-state index is -4.24. The van der Waals surface area contributed by atoms with Gasteiger partial charge in [-0.3, -0.25) is 0 Å². The summed E-state index contributed by atoms with van der Waals surface area (Å²) in [5, 5.41) is 11.0. The standard InChI is InChI=1S/C13H21F3N4/c1-4-20(9-13(14,15)16)12-6-5-11(18-19-12)8-17-7-10(2)3/h5-6,10,17H,4,7-9H2,1-3H3. The monoisotopic (exact) mass is 290 g/mol. The molecule has 0 aliphatic heterocycles. The predicted octanol–water partition coefficient (Wildman–Crippen LogP) is 2.61. The highest BCUT2D eigenvalue weighted by Gasteiger charge is 2.30. The molecule has 1 N–H and O–H groups in total. The number of hydrogen-bond donors (Lipinski definition) is 1. The Balaban J connectivity index is 2.60. The Hall–Kier alpha value is -1.37. The predicted molar refractivity (Wildman–Crippen MR) is 72.5 cm³/mol. The van der Waals surface area contributed by atoms with Crippen molar-refractivity contribution in [1.29, 1.82) is 0 Å². The van der Waals surface area contributed by atoms with Gasteiger partial charge in [-0.15, -0.1) is 5.10 Å². The summed E-state index contributed by atoms with van der Waals surface area (Å²) in [5.74, 6) is 0.780. The van der Waals surface area contributed by atoms with Gasteiger partial charge in [-0.25, -0.2) is 0 Å². The van der Waals surface area contributed by atoms with Crippen LogP contribution in [-0.4, -0.2) is 36.0 Å². The molecule has 0 aliphatic rings. The summed E-state index contributed by atoms with van der Waals surface area (Å²) >= 11 is 0. The van der Waals surface area contributed by atoms with Gasteiger partial charge in [0, 0.05) is 13.1 Å². The van der Waals surface area contributed by atoms with Crippen molar-refractivity contribution in [3.05, 3.63) is 17.8 Å². The third-order valence-corrected chi connectivity index (χ3v) is 2.64. The lowest BCUT2D eigenvalue weighted by Crippen LogP contribution is -2.34. The van der Waals surface area contributed by atoms with Crippen LogP contribution < -0.4 is 10.2 Å². The van der Waals surface area contributed by atoms with E-state index in [2.05, 4.69) is 29.4 Å². The number of nitrogens with one attached hydrogen (secondary N) is 1. The average molecular weight is 290 g/mol. The van der Waals surface area contributed by atoms with Crippen molar-refractivity contribution < 1.29 is 13.2 Å². The van der Waals surface area contributed by atoms with E-state index in [4.69, 9.17) is 0 Å². The van der Waals surface area contributed by atoms with Crippen molar-refractivity contribution in [2.24, 2.45) is 5.92 Å². The van der Waals surface area contributed by atoms with Gasteiger partial charge in [0.05, 0.1) is 5.69 Å². The first kappa shape index (κ1) is 16.7. The Kier molecular flexibility index (Phi) is 6.19. The van der Waals surface area contributed by atoms with Crippen LogP contribution in [0, 0.1) is 5.92 Å². The Bertz CT molecular complexity index is 390. The molecule has 0 saturated heterocycles. The van der Waals surface area contributed by atoms with Crippen molar-refractivity contribution in [2.75, 3.05) is 24.5 Å². The third kappa shape index (κ3) is 6.18. The largest absolute Gasteiger partial charge is 0.405 e. The molecular formula is C13H21F3N4. The topological polar surface area (TPSA) is 41.0 Å². The van der Waals surface area contributed by atoms with Crippen LogP contribution >= 0.6 is 0 Å². The Morgan fingerprint density at radius 3 is 2.40 bits per heavy atom. The van der Waals surface area contributed by atoms with Gasteiger partial charge in [-0.2, -0.15) is 18.3 Å². The molecule has 0 aromatic carbocycles. The van der Waals surface area contributed by atoms with Gasteiger partial charge < -0.3 is 10.2 Å². The highest BCUT2D eigenvalue weighted by molar-refractivity contribution is 5.37. The molecule has 0 radical (unpaired) electrons. The molecule has 7 heteroatoms. The van der Waals surface area contributed by atoms with Crippen molar-refractivity contribution in [1.82, 2.24) is 15.5 Å². The van der Waals surface area contributed by atoms with Crippen LogP contribution in [0.25, 0.3) is 0 Å². The van der Waals surface area contributed by atoms with Gasteiger partial charge in [0.25, 0.3) is 0 Å². The molecule has 1 rings (SSSR count). The summed E-state index contributed by atoms with van der Waals surface area (Å²) in [5.41, 5.74) is 0.720. The van der Waals surface area contributed by atoms with Crippen LogP contribution in [0.3, 0.4) is 0 Å². The molecule has 1 aromatic heterocycles. The van der Waals surface area contributed by atoms with E-state index in [1.165, 1.54) is 0 Å². The maximum atomic E-state index is 12.4. The van der Waals surface area contributed by atoms with Crippen molar-refractivity contribution in [3.8, 4) is 0 Å². The first-order valence-corrected chi connectivity index (χ1v) is 6.67. The minimum absolute atomic E-state index is 0.235. The van der Waals surface area contributed by atoms with E-state index in [1.54, 1.807) is 19.1 Å². The van der Waals surface area contributed by atoms with Crippen molar-refractivity contribution in [3.63, 3.8) is 0 Å². The van der Waals surface area contributed by atoms with E-state index in [0.29, 0.717) is 12.5 Å². The number of halogens is 3. The van der Waals surface area contributed by atoms with Crippen LogP contribution in [0.1, 0.15) is 26.5 Å². The molecule has 4 nitrogen and oxygen atoms in total. The zero-order valence-corrected chi connectivity index (χ0v) is 12.0. The second-order valence-electron chi connectivity index (χ2n) is 5.04. The van der Waals surface area contributed by atoms with Gasteiger partial charge in [0.15, 0.2) is 5.82 Å². The summed E-state index contributed by atoms with van der Waals surface area (Å²) in [4.78, 5) is 1.15. The number of aromatic nitrogens is 2. The molecule has 0 bridgehead atoms. The Morgan fingerprint density at radius 1 is 1.25 bits per heavy atom. The summed E-state index contributed by atoms with van der Waals surface area (Å²) in [7, 11) is 0. The zero-order valence-electron chi connectivity index (χ0n) is 12.0. The molecule has 1 aromatic rings. The van der Waals surface area contributed by atoms with Gasteiger partial charge in [0.1, 0.15) is 6.54 Å². The van der Waals surface area contributed by atoms with E-state index >= 15 is 0 Å². The first-order chi connectivity index (χ1) is 9.31. The van der Waals surface area contributed by atoms with Crippen molar-refractivity contribution in [2.45, 2.75) is 33.5 Å². The maximum Gasteiger partial charge on any atom is 0.405 e. The fourth-order valence-electron chi connectivity index (χ4n) is 1.68. The van der Waals surface area contributed by atoms with E-state index in [1.807, 2.05) is 0 Å². The number of alkyl halides is 3. The van der Waals surface area contributed by atoms with Crippen LogP contribution in [0.15, 0.2) is 12.1 Å². The number of anilines is 1. The van der Waals surface area contributed by atoms with Gasteiger partial charge in [-0.1, -0.05) is 13.8 Å². The van der Waals surface area contributed by atoms with Gasteiger partial charge >= 0.3 is 6.18 Å². The summed E-state index contributed by atoms with van der Waals surface area (Å²) in [6, 6.07) is 3.28. The maximum absolute atomic E-state index is 12.4. The number of nitrogens with zero attached hydrogens (tertiary/aromatic N) is 3. The molecule has 114 valence electrons. The summed E-state index contributed by atoms with van der Waals surface area (Å²) < 4.78 is 37.2. The minimum Gasteiger partial charge on any atom is -0.346 e. The fraction of sp³-hybridized carbons (Fsp3) is 0.692. The third-order valence-electron chi connectivity index (χ3n) is 2.64. The van der Waals surface area contributed by atoms with Crippen LogP contribution in [-0.2, 0) is 6.54 Å². The second kappa shape index (κ2) is 7.42. The van der Waals surface area contributed by atoms with E-state index in [-0.39, 0.29) is 12.4 Å². The van der Waals surface area contributed by atoms with E-state index in [9.17, 15) is 13.2 Å². The number of hydrogen-bond acceptors (Lipinski definition) is 4. The van der Waals surface area contributed by atoms with Crippen LogP contribution in [0.2, 0.25) is 0 Å². The fourth-order valence-corrected chi connectivity index (χ4v) is 1.68. The number of rotatable bonds is 7. The van der Waals surface area contributed by atoms with Gasteiger partial charge in [-0.05, 0) is 31.5 Å². The SMILES string of the molecule is CCN(CC(F)(F)F)c1ccc(CNCC(C)C)nn1. The van der Waals surface area contributed by atoms with Crippen molar-refractivity contribution >= 4 is 5.82 Å². The Morgan fingerprint density at radius 2 is 1.95 bits per heavy atom. The smallest absolute Gasteiger partial charge is 0.346 e. The summed E-state index contributed by atoms with van der Waals surface area (Å²) in [6.45, 7) is 6.50. The zero-order chi connectivity index (χ0) is 15.2. The molecule has 0 amide bonds. The second-order valence-corrected chi connectivity index (χ2v) is 5.04. The lowest BCUT2D eigenvalue weighted by molar-refractivity contribution is -0.119. The normalized spacial score (nSPS) is 11.9. The molecule has 20 heavy (non-hydrogen) atoms. The molecule has 0 atom stereocenters. The lowest BCUT2D eigenvalue weighted by Gasteiger charge is -2.22. The van der Waals surface area contributed by atoms with E-state index in [0.717, 1.165) is 17.1 Å². The quantitative estimate of drug-likeness (QED) is 0.838. The molecule has 0 spiro atoms. The molecular weight excluding hydrogens is 269 g/mol. The molecule has 0 saturated carbocycles. The van der Waals surface area contributed by atoms with E-state index < -0.39 is 12.7 Å². The van der Waals surface area contributed by atoms with Gasteiger partial charge in [0.2, 0.25) is 0 Å². The lowest BCUT2D eigenvalue weighted by atomic mass is 10.2. The molecule has 0 unspecified atom stereocenters.